The standard InChI is InChI=1S/C15H19F2NO5S/c1-10(23-9-12-4-2-3-7-22-12)15(19)18-24(20,21)14-8-11(16)5-6-13(14)17/h5-6,8,10,12H,2-4,7,9H2,1H3,(H,18,19)/t10-,12-/m1/s1. The van der Waals surface area contributed by atoms with Crippen molar-refractivity contribution in [3.63, 3.8) is 0 Å². The molecule has 0 saturated carbocycles. The van der Waals surface area contributed by atoms with Gasteiger partial charge in [0.15, 0.2) is 0 Å². The number of halogens is 2. The predicted octanol–water partition coefficient (Wildman–Crippen LogP) is 1.74. The molecule has 0 aromatic heterocycles. The lowest BCUT2D eigenvalue weighted by molar-refractivity contribution is -0.133. The number of rotatable bonds is 6. The molecule has 134 valence electrons. The third-order valence-electron chi connectivity index (χ3n) is 3.59. The molecule has 24 heavy (non-hydrogen) atoms. The SMILES string of the molecule is C[C@@H](OC[C@H]1CCCCO1)C(=O)NS(=O)(=O)c1cc(F)ccc1F. The van der Waals surface area contributed by atoms with E-state index in [1.54, 1.807) is 4.72 Å². The Morgan fingerprint density at radius 3 is 2.83 bits per heavy atom. The van der Waals surface area contributed by atoms with E-state index in [-0.39, 0.29) is 12.7 Å². The van der Waals surface area contributed by atoms with E-state index in [1.165, 1.54) is 6.92 Å². The number of carbonyl (C=O) groups is 1. The number of sulfonamides is 1. The summed E-state index contributed by atoms with van der Waals surface area (Å²) in [6.45, 7) is 2.15. The van der Waals surface area contributed by atoms with Gasteiger partial charge in [0, 0.05) is 6.61 Å². The van der Waals surface area contributed by atoms with E-state index < -0.39 is 38.6 Å². The average Bonchev–Trinajstić information content (AvgIpc) is 2.55. The van der Waals surface area contributed by atoms with Crippen LogP contribution >= 0.6 is 0 Å². The second-order valence-corrected chi connectivity index (χ2v) is 7.16. The Balaban J connectivity index is 1.95. The van der Waals surface area contributed by atoms with Crippen molar-refractivity contribution in [3.8, 4) is 0 Å². The van der Waals surface area contributed by atoms with Crippen LogP contribution in [0, 0.1) is 11.6 Å². The maximum absolute atomic E-state index is 13.6. The van der Waals surface area contributed by atoms with E-state index in [4.69, 9.17) is 9.47 Å². The van der Waals surface area contributed by atoms with Crippen LogP contribution in [0.3, 0.4) is 0 Å². The van der Waals surface area contributed by atoms with Crippen LogP contribution < -0.4 is 4.72 Å². The number of ether oxygens (including phenoxy) is 2. The van der Waals surface area contributed by atoms with Gasteiger partial charge in [-0.25, -0.2) is 21.9 Å². The zero-order valence-electron chi connectivity index (χ0n) is 13.1. The molecule has 6 nitrogen and oxygen atoms in total. The fourth-order valence-electron chi connectivity index (χ4n) is 2.22. The monoisotopic (exact) mass is 363 g/mol. The first kappa shape index (κ1) is 18.8. The minimum Gasteiger partial charge on any atom is -0.376 e. The first-order chi connectivity index (χ1) is 11.3. The number of amides is 1. The smallest absolute Gasteiger partial charge is 0.267 e. The van der Waals surface area contributed by atoms with Gasteiger partial charge in [-0.15, -0.1) is 0 Å². The van der Waals surface area contributed by atoms with Gasteiger partial charge >= 0.3 is 0 Å². The van der Waals surface area contributed by atoms with Crippen molar-refractivity contribution in [2.24, 2.45) is 0 Å². The molecule has 1 aliphatic heterocycles. The second-order valence-electron chi connectivity index (χ2n) is 5.51. The third kappa shape index (κ3) is 4.96. The normalized spacial score (nSPS) is 19.7. The van der Waals surface area contributed by atoms with Crippen molar-refractivity contribution in [2.75, 3.05) is 13.2 Å². The lowest BCUT2D eigenvalue weighted by Gasteiger charge is -2.23. The minimum absolute atomic E-state index is 0.133. The summed E-state index contributed by atoms with van der Waals surface area (Å²) in [7, 11) is -4.53. The number of hydrogen-bond acceptors (Lipinski definition) is 5. The van der Waals surface area contributed by atoms with Crippen molar-refractivity contribution in [1.29, 1.82) is 0 Å². The summed E-state index contributed by atoms with van der Waals surface area (Å²) in [5, 5.41) is 0. The van der Waals surface area contributed by atoms with Gasteiger partial charge < -0.3 is 9.47 Å². The Morgan fingerprint density at radius 1 is 1.42 bits per heavy atom. The fourth-order valence-corrected chi connectivity index (χ4v) is 3.35. The molecule has 1 N–H and O–H groups in total. The zero-order valence-corrected chi connectivity index (χ0v) is 13.9. The molecule has 1 aromatic rings. The summed E-state index contributed by atoms with van der Waals surface area (Å²) in [5.41, 5.74) is 0. The van der Waals surface area contributed by atoms with Gasteiger partial charge in [-0.2, -0.15) is 0 Å². The second kappa shape index (κ2) is 8.00. The van der Waals surface area contributed by atoms with E-state index in [1.807, 2.05) is 0 Å². The third-order valence-corrected chi connectivity index (χ3v) is 4.95. The Morgan fingerprint density at radius 2 is 2.17 bits per heavy atom. The molecule has 1 saturated heterocycles. The number of nitrogens with one attached hydrogen (secondary N) is 1. The predicted molar refractivity (Wildman–Crippen MR) is 80.7 cm³/mol. The largest absolute Gasteiger partial charge is 0.376 e. The topological polar surface area (TPSA) is 81.7 Å². The molecule has 0 bridgehead atoms. The molecule has 2 rings (SSSR count). The maximum Gasteiger partial charge on any atom is 0.267 e. The van der Waals surface area contributed by atoms with Gasteiger partial charge in [-0.1, -0.05) is 0 Å². The van der Waals surface area contributed by atoms with Crippen molar-refractivity contribution in [1.82, 2.24) is 4.72 Å². The van der Waals surface area contributed by atoms with E-state index >= 15 is 0 Å². The lowest BCUT2D eigenvalue weighted by Crippen LogP contribution is -2.40. The first-order valence-corrected chi connectivity index (χ1v) is 9.03. The molecular formula is C15H19F2NO5S. The summed E-state index contributed by atoms with van der Waals surface area (Å²) >= 11 is 0. The number of benzene rings is 1. The van der Waals surface area contributed by atoms with Crippen molar-refractivity contribution in [3.05, 3.63) is 29.8 Å². The number of hydrogen-bond donors (Lipinski definition) is 1. The van der Waals surface area contributed by atoms with E-state index in [2.05, 4.69) is 0 Å². The van der Waals surface area contributed by atoms with Crippen LogP contribution in [0.4, 0.5) is 8.78 Å². The van der Waals surface area contributed by atoms with Gasteiger partial charge in [-0.05, 0) is 44.4 Å². The van der Waals surface area contributed by atoms with Crippen LogP contribution in [0.1, 0.15) is 26.2 Å². The fraction of sp³-hybridized carbons (Fsp3) is 0.533. The Kier molecular flexibility index (Phi) is 6.25. The highest BCUT2D eigenvalue weighted by molar-refractivity contribution is 7.90. The van der Waals surface area contributed by atoms with Crippen molar-refractivity contribution in [2.45, 2.75) is 43.3 Å². The molecule has 1 aliphatic rings. The zero-order chi connectivity index (χ0) is 17.7. The summed E-state index contributed by atoms with van der Waals surface area (Å²) in [5.74, 6) is -3.04. The quantitative estimate of drug-likeness (QED) is 0.833. The van der Waals surface area contributed by atoms with Gasteiger partial charge in [-0.3, -0.25) is 4.79 Å². The van der Waals surface area contributed by atoms with E-state index in [0.29, 0.717) is 18.7 Å². The van der Waals surface area contributed by atoms with E-state index in [9.17, 15) is 22.0 Å². The molecule has 0 aliphatic carbocycles. The van der Waals surface area contributed by atoms with Crippen molar-refractivity contribution >= 4 is 15.9 Å². The molecule has 0 radical (unpaired) electrons. The van der Waals surface area contributed by atoms with Crippen LogP contribution in [0.15, 0.2) is 23.1 Å². The van der Waals surface area contributed by atoms with Gasteiger partial charge in [0.2, 0.25) is 0 Å². The lowest BCUT2D eigenvalue weighted by atomic mass is 10.1. The Hall–Kier alpha value is -1.58. The van der Waals surface area contributed by atoms with Gasteiger partial charge in [0.05, 0.1) is 12.7 Å². The highest BCUT2D eigenvalue weighted by Gasteiger charge is 2.26. The molecular weight excluding hydrogens is 344 g/mol. The average molecular weight is 363 g/mol. The van der Waals surface area contributed by atoms with Crippen LogP contribution in [-0.2, 0) is 24.3 Å². The molecule has 1 fully saturated rings. The molecule has 1 heterocycles. The molecule has 0 unspecified atom stereocenters. The Bertz CT molecular complexity index is 689. The molecule has 1 aromatic carbocycles. The first-order valence-electron chi connectivity index (χ1n) is 7.54. The molecule has 1 amide bonds. The summed E-state index contributed by atoms with van der Waals surface area (Å²) < 4.78 is 63.1. The van der Waals surface area contributed by atoms with Crippen LogP contribution in [-0.4, -0.2) is 39.7 Å². The summed E-state index contributed by atoms with van der Waals surface area (Å²) in [4.78, 5) is 11.0. The summed E-state index contributed by atoms with van der Waals surface area (Å²) in [6.07, 6.45) is 1.57. The molecule has 9 heteroatoms. The van der Waals surface area contributed by atoms with Crippen LogP contribution in [0.5, 0.6) is 0 Å². The Labute approximate surface area is 139 Å². The maximum atomic E-state index is 13.6. The van der Waals surface area contributed by atoms with Gasteiger partial charge in [0.25, 0.3) is 15.9 Å². The minimum atomic E-state index is -4.53. The summed E-state index contributed by atoms with van der Waals surface area (Å²) in [6, 6.07) is 1.97. The highest BCUT2D eigenvalue weighted by Crippen LogP contribution is 2.16. The van der Waals surface area contributed by atoms with Crippen molar-refractivity contribution < 1.29 is 31.5 Å². The van der Waals surface area contributed by atoms with Gasteiger partial charge in [0.1, 0.15) is 22.6 Å². The van der Waals surface area contributed by atoms with Crippen LogP contribution in [0.2, 0.25) is 0 Å². The number of carbonyl (C=O) groups excluding carboxylic acids is 1. The molecule has 0 spiro atoms. The molecule has 2 atom stereocenters. The van der Waals surface area contributed by atoms with E-state index in [0.717, 1.165) is 25.3 Å². The highest BCUT2D eigenvalue weighted by atomic mass is 32.2. The van der Waals surface area contributed by atoms with Crippen LogP contribution in [0.25, 0.3) is 0 Å².